The van der Waals surface area contributed by atoms with E-state index in [4.69, 9.17) is 4.74 Å². The van der Waals surface area contributed by atoms with Crippen LogP contribution in [0.4, 0.5) is 4.79 Å². The molecule has 0 aliphatic carbocycles. The first-order chi connectivity index (χ1) is 8.29. The molecule has 0 saturated carbocycles. The maximum absolute atomic E-state index is 11.9. The number of ether oxygens (including phenoxy) is 1. The Balaban J connectivity index is 2.34. The number of piperidine rings is 1. The normalized spacial score (nSPS) is 20.4. The van der Waals surface area contributed by atoms with Crippen molar-refractivity contribution in [2.24, 2.45) is 0 Å². The molecule has 1 fully saturated rings. The van der Waals surface area contributed by atoms with Gasteiger partial charge < -0.3 is 15.0 Å². The zero-order chi connectivity index (χ0) is 13.8. The van der Waals surface area contributed by atoms with Crippen LogP contribution in [-0.4, -0.2) is 41.6 Å². The monoisotopic (exact) mass is 256 g/mol. The van der Waals surface area contributed by atoms with Crippen molar-refractivity contribution in [2.45, 2.75) is 58.6 Å². The average molecular weight is 256 g/mol. The van der Waals surface area contributed by atoms with E-state index in [0.717, 1.165) is 19.4 Å². The van der Waals surface area contributed by atoms with Crippen molar-refractivity contribution in [3.8, 4) is 0 Å². The van der Waals surface area contributed by atoms with Crippen LogP contribution >= 0.6 is 0 Å². The molecule has 0 aromatic rings. The molecule has 18 heavy (non-hydrogen) atoms. The summed E-state index contributed by atoms with van der Waals surface area (Å²) in [4.78, 5) is 25.2. The zero-order valence-corrected chi connectivity index (χ0v) is 11.8. The lowest BCUT2D eigenvalue weighted by molar-refractivity contribution is -0.133. The summed E-state index contributed by atoms with van der Waals surface area (Å²) < 4.78 is 5.08. The molecule has 1 rings (SSSR count). The van der Waals surface area contributed by atoms with E-state index in [-0.39, 0.29) is 18.5 Å². The number of amides is 2. The summed E-state index contributed by atoms with van der Waals surface area (Å²) >= 11 is 0. The van der Waals surface area contributed by atoms with Crippen LogP contribution in [0.5, 0.6) is 0 Å². The molecule has 1 N–H and O–H groups in total. The number of rotatable bonds is 2. The molecule has 1 atom stereocenters. The van der Waals surface area contributed by atoms with Gasteiger partial charge in [-0.15, -0.1) is 0 Å². The quantitative estimate of drug-likeness (QED) is 0.821. The van der Waals surface area contributed by atoms with Gasteiger partial charge in [0, 0.05) is 12.6 Å². The van der Waals surface area contributed by atoms with Crippen LogP contribution in [-0.2, 0) is 9.53 Å². The van der Waals surface area contributed by atoms with Crippen LogP contribution in [0.1, 0.15) is 47.0 Å². The lowest BCUT2D eigenvalue weighted by atomic mass is 10.0. The molecule has 1 heterocycles. The minimum Gasteiger partial charge on any atom is -0.444 e. The Labute approximate surface area is 109 Å². The van der Waals surface area contributed by atoms with Crippen LogP contribution in [0.2, 0.25) is 0 Å². The third kappa shape index (κ3) is 4.94. The van der Waals surface area contributed by atoms with E-state index in [1.165, 1.54) is 6.42 Å². The van der Waals surface area contributed by atoms with E-state index in [1.807, 2.05) is 11.8 Å². The van der Waals surface area contributed by atoms with Crippen LogP contribution in [0.15, 0.2) is 0 Å². The highest BCUT2D eigenvalue weighted by molar-refractivity contribution is 5.82. The van der Waals surface area contributed by atoms with Crippen molar-refractivity contribution >= 4 is 12.0 Å². The van der Waals surface area contributed by atoms with E-state index in [0.29, 0.717) is 0 Å². The number of alkyl carbamates (subject to hydrolysis) is 1. The minimum absolute atomic E-state index is 0.0131. The van der Waals surface area contributed by atoms with Gasteiger partial charge in [-0.2, -0.15) is 0 Å². The molecule has 1 aliphatic rings. The van der Waals surface area contributed by atoms with Gasteiger partial charge in [-0.3, -0.25) is 4.79 Å². The van der Waals surface area contributed by atoms with Gasteiger partial charge in [-0.1, -0.05) is 0 Å². The van der Waals surface area contributed by atoms with Crippen molar-refractivity contribution in [1.29, 1.82) is 0 Å². The maximum atomic E-state index is 11.9. The van der Waals surface area contributed by atoms with Crippen LogP contribution in [0.25, 0.3) is 0 Å². The third-order valence-electron chi connectivity index (χ3n) is 2.91. The SMILES string of the molecule is C[C@@H]1CCCCN1C(=O)CNC(=O)OC(C)(C)C. The third-order valence-corrected chi connectivity index (χ3v) is 2.91. The first-order valence-electron chi connectivity index (χ1n) is 6.56. The predicted molar refractivity (Wildman–Crippen MR) is 69.3 cm³/mol. The fourth-order valence-electron chi connectivity index (χ4n) is 2.03. The van der Waals surface area contributed by atoms with Gasteiger partial charge in [-0.25, -0.2) is 4.79 Å². The van der Waals surface area contributed by atoms with Gasteiger partial charge in [0.15, 0.2) is 0 Å². The van der Waals surface area contributed by atoms with E-state index in [2.05, 4.69) is 5.32 Å². The number of nitrogens with one attached hydrogen (secondary N) is 1. The Hall–Kier alpha value is -1.26. The molecule has 0 aromatic carbocycles. The van der Waals surface area contributed by atoms with E-state index < -0.39 is 11.7 Å². The number of carbonyl (C=O) groups excluding carboxylic acids is 2. The summed E-state index contributed by atoms with van der Waals surface area (Å²) in [6.07, 6.45) is 2.71. The summed E-state index contributed by atoms with van der Waals surface area (Å²) in [5, 5.41) is 2.50. The van der Waals surface area contributed by atoms with Crippen molar-refractivity contribution in [3.63, 3.8) is 0 Å². The highest BCUT2D eigenvalue weighted by Crippen LogP contribution is 2.16. The van der Waals surface area contributed by atoms with Crippen LogP contribution in [0.3, 0.4) is 0 Å². The standard InChI is InChI=1S/C13H24N2O3/c1-10-7-5-6-8-15(10)11(16)9-14-12(17)18-13(2,3)4/h10H,5-9H2,1-4H3,(H,14,17)/t10-/m1/s1. The zero-order valence-electron chi connectivity index (χ0n) is 11.8. The van der Waals surface area contributed by atoms with E-state index in [9.17, 15) is 9.59 Å². The minimum atomic E-state index is -0.541. The largest absolute Gasteiger partial charge is 0.444 e. The Morgan fingerprint density at radius 2 is 2.00 bits per heavy atom. The van der Waals surface area contributed by atoms with Gasteiger partial charge in [0.2, 0.25) is 5.91 Å². The second kappa shape index (κ2) is 6.07. The van der Waals surface area contributed by atoms with Crippen LogP contribution < -0.4 is 5.32 Å². The van der Waals surface area contributed by atoms with E-state index in [1.54, 1.807) is 20.8 Å². The van der Waals surface area contributed by atoms with Crippen molar-refractivity contribution < 1.29 is 14.3 Å². The van der Waals surface area contributed by atoms with Gasteiger partial charge in [0.1, 0.15) is 12.1 Å². The Kier molecular flexibility index (Phi) is 4.99. The number of carbonyl (C=O) groups is 2. The summed E-state index contributed by atoms with van der Waals surface area (Å²) in [5.41, 5.74) is -0.536. The molecule has 0 bridgehead atoms. The van der Waals surface area contributed by atoms with Crippen LogP contribution in [0, 0.1) is 0 Å². The summed E-state index contributed by atoms with van der Waals surface area (Å²) in [6, 6.07) is 0.270. The molecular weight excluding hydrogens is 232 g/mol. The summed E-state index contributed by atoms with van der Waals surface area (Å²) in [5.74, 6) is -0.0342. The topological polar surface area (TPSA) is 58.6 Å². The number of likely N-dealkylation sites (tertiary alicyclic amines) is 1. The first kappa shape index (κ1) is 14.8. The lowest BCUT2D eigenvalue weighted by Crippen LogP contribution is -2.47. The second-order valence-electron chi connectivity index (χ2n) is 5.79. The summed E-state index contributed by atoms with van der Waals surface area (Å²) in [7, 11) is 0. The van der Waals surface area contributed by atoms with Crippen molar-refractivity contribution in [3.05, 3.63) is 0 Å². The number of hydrogen-bond acceptors (Lipinski definition) is 3. The molecule has 0 unspecified atom stereocenters. The molecule has 0 spiro atoms. The lowest BCUT2D eigenvalue weighted by Gasteiger charge is -2.33. The first-order valence-corrected chi connectivity index (χ1v) is 6.56. The Morgan fingerprint density at radius 1 is 1.33 bits per heavy atom. The Morgan fingerprint density at radius 3 is 2.56 bits per heavy atom. The molecular formula is C13H24N2O3. The predicted octanol–water partition coefficient (Wildman–Crippen LogP) is 1.91. The van der Waals surface area contributed by atoms with Gasteiger partial charge >= 0.3 is 6.09 Å². The van der Waals surface area contributed by atoms with Gasteiger partial charge in [-0.05, 0) is 47.0 Å². The average Bonchev–Trinajstić information content (AvgIpc) is 2.24. The second-order valence-corrected chi connectivity index (χ2v) is 5.79. The molecule has 0 aromatic heterocycles. The molecule has 5 heteroatoms. The molecule has 1 saturated heterocycles. The van der Waals surface area contributed by atoms with Crippen molar-refractivity contribution in [2.75, 3.05) is 13.1 Å². The highest BCUT2D eigenvalue weighted by atomic mass is 16.6. The Bertz CT molecular complexity index is 310. The fraction of sp³-hybridized carbons (Fsp3) is 0.846. The summed E-state index contributed by atoms with van der Waals surface area (Å²) in [6.45, 7) is 8.23. The molecule has 104 valence electrons. The highest BCUT2D eigenvalue weighted by Gasteiger charge is 2.24. The fourth-order valence-corrected chi connectivity index (χ4v) is 2.03. The van der Waals surface area contributed by atoms with Gasteiger partial charge in [0.25, 0.3) is 0 Å². The van der Waals surface area contributed by atoms with E-state index >= 15 is 0 Å². The number of nitrogens with zero attached hydrogens (tertiary/aromatic N) is 1. The smallest absolute Gasteiger partial charge is 0.408 e. The maximum Gasteiger partial charge on any atom is 0.408 e. The molecule has 2 amide bonds. The van der Waals surface area contributed by atoms with Crippen molar-refractivity contribution in [1.82, 2.24) is 10.2 Å². The number of hydrogen-bond donors (Lipinski definition) is 1. The molecule has 0 radical (unpaired) electrons. The molecule has 5 nitrogen and oxygen atoms in total. The van der Waals surface area contributed by atoms with Gasteiger partial charge in [0.05, 0.1) is 0 Å². The molecule has 1 aliphatic heterocycles.